The fourth-order valence-corrected chi connectivity index (χ4v) is 2.68. The van der Waals surface area contributed by atoms with Crippen LogP contribution in [0.25, 0.3) is 10.9 Å². The molecule has 0 aliphatic heterocycles. The van der Waals surface area contributed by atoms with Crippen LogP contribution in [-0.4, -0.2) is 15.0 Å². The molecule has 0 aliphatic carbocycles. The summed E-state index contributed by atoms with van der Waals surface area (Å²) >= 11 is 6.73. The highest BCUT2D eigenvalue weighted by molar-refractivity contribution is 9.10. The van der Waals surface area contributed by atoms with Crippen LogP contribution in [0.2, 0.25) is 0 Å². The van der Waals surface area contributed by atoms with Crippen LogP contribution in [0.3, 0.4) is 0 Å². The van der Waals surface area contributed by atoms with Crippen LogP contribution >= 0.6 is 31.9 Å². The first kappa shape index (κ1) is 15.1. The average molecular weight is 424 g/mol. The van der Waals surface area contributed by atoms with E-state index in [1.54, 1.807) is 12.4 Å². The lowest BCUT2D eigenvalue weighted by Crippen LogP contribution is -2.13. The zero-order valence-electron chi connectivity index (χ0n) is 11.3. The number of nitrogens with one attached hydrogen (secondary N) is 2. The highest BCUT2D eigenvalue weighted by atomic mass is 79.9. The number of halogens is 2. The van der Waals surface area contributed by atoms with Gasteiger partial charge in [-0.05, 0) is 55.6 Å². The van der Waals surface area contributed by atoms with Crippen molar-refractivity contribution in [3.05, 3.63) is 51.3 Å². The average Bonchev–Trinajstić information content (AvgIpc) is 2.52. The number of hydrogen-bond acceptors (Lipinski definition) is 6. The van der Waals surface area contributed by atoms with Crippen LogP contribution in [-0.2, 0) is 6.54 Å². The zero-order valence-corrected chi connectivity index (χ0v) is 14.5. The van der Waals surface area contributed by atoms with Crippen LogP contribution in [0.1, 0.15) is 5.56 Å². The summed E-state index contributed by atoms with van der Waals surface area (Å²) in [5.74, 6) is 6.52. The molecule has 0 saturated carbocycles. The van der Waals surface area contributed by atoms with Crippen molar-refractivity contribution in [2.45, 2.75) is 6.54 Å². The summed E-state index contributed by atoms with van der Waals surface area (Å²) in [6.45, 7) is 0.599. The topological polar surface area (TPSA) is 88.8 Å². The SMILES string of the molecule is NNc1ncc(Br)nc1NCc1ccc2ncc(Br)cc2c1. The number of fused-ring (bicyclic) bond motifs is 1. The number of hydrogen-bond donors (Lipinski definition) is 3. The van der Waals surface area contributed by atoms with Crippen molar-refractivity contribution in [3.8, 4) is 0 Å². The Balaban J connectivity index is 1.83. The van der Waals surface area contributed by atoms with E-state index in [2.05, 4.69) is 63.6 Å². The van der Waals surface area contributed by atoms with Gasteiger partial charge >= 0.3 is 0 Å². The van der Waals surface area contributed by atoms with Crippen LogP contribution in [0.15, 0.2) is 45.7 Å². The number of nitrogens with two attached hydrogens (primary N) is 1. The molecule has 0 radical (unpaired) electrons. The van der Waals surface area contributed by atoms with Gasteiger partial charge in [0, 0.05) is 22.6 Å². The Morgan fingerprint density at radius 3 is 2.73 bits per heavy atom. The molecular formula is C14H12Br2N6. The van der Waals surface area contributed by atoms with Crippen molar-refractivity contribution in [2.75, 3.05) is 10.7 Å². The Bertz CT molecular complexity index is 824. The van der Waals surface area contributed by atoms with Gasteiger partial charge in [0.1, 0.15) is 4.60 Å². The fourth-order valence-electron chi connectivity index (χ4n) is 2.05. The van der Waals surface area contributed by atoms with E-state index >= 15 is 0 Å². The van der Waals surface area contributed by atoms with E-state index in [-0.39, 0.29) is 0 Å². The molecule has 2 heterocycles. The molecular weight excluding hydrogens is 412 g/mol. The lowest BCUT2D eigenvalue weighted by atomic mass is 10.1. The number of aromatic nitrogens is 3. The fraction of sp³-hybridized carbons (Fsp3) is 0.0714. The summed E-state index contributed by atoms with van der Waals surface area (Å²) in [6.07, 6.45) is 3.37. The highest BCUT2D eigenvalue weighted by Crippen LogP contribution is 2.21. The van der Waals surface area contributed by atoms with E-state index in [1.165, 1.54) is 0 Å². The second kappa shape index (κ2) is 6.55. The summed E-state index contributed by atoms with van der Waals surface area (Å²) in [5, 5.41) is 4.30. The number of rotatable bonds is 4. The van der Waals surface area contributed by atoms with Gasteiger partial charge in [-0.25, -0.2) is 15.8 Å². The van der Waals surface area contributed by atoms with Gasteiger partial charge < -0.3 is 10.7 Å². The van der Waals surface area contributed by atoms with Crippen molar-refractivity contribution < 1.29 is 0 Å². The van der Waals surface area contributed by atoms with Crippen LogP contribution < -0.4 is 16.6 Å². The Kier molecular flexibility index (Phi) is 4.51. The van der Waals surface area contributed by atoms with Crippen LogP contribution in [0.4, 0.5) is 11.6 Å². The summed E-state index contributed by atoms with van der Waals surface area (Å²) in [6, 6.07) is 8.14. The normalized spacial score (nSPS) is 10.7. The maximum absolute atomic E-state index is 5.44. The number of hydrazine groups is 1. The van der Waals surface area contributed by atoms with Gasteiger partial charge in [-0.3, -0.25) is 4.98 Å². The van der Waals surface area contributed by atoms with E-state index in [0.717, 1.165) is 20.9 Å². The third-order valence-electron chi connectivity index (χ3n) is 3.05. The van der Waals surface area contributed by atoms with Crippen molar-refractivity contribution in [1.29, 1.82) is 0 Å². The third-order valence-corrected chi connectivity index (χ3v) is 3.87. The molecule has 6 nitrogen and oxygen atoms in total. The molecule has 0 bridgehead atoms. The number of benzene rings is 1. The molecule has 2 aromatic heterocycles. The number of nitrogen functional groups attached to an aromatic ring is 1. The predicted octanol–water partition coefficient (Wildman–Crippen LogP) is 3.45. The van der Waals surface area contributed by atoms with Gasteiger partial charge in [-0.1, -0.05) is 6.07 Å². The third kappa shape index (κ3) is 3.34. The largest absolute Gasteiger partial charge is 0.363 e. The predicted molar refractivity (Wildman–Crippen MR) is 94.3 cm³/mol. The van der Waals surface area contributed by atoms with Gasteiger partial charge in [-0.15, -0.1) is 0 Å². The smallest absolute Gasteiger partial charge is 0.183 e. The summed E-state index contributed by atoms with van der Waals surface area (Å²) in [4.78, 5) is 12.8. The standard InChI is InChI=1S/C14H12Br2N6/c15-10-4-9-3-8(1-2-11(9)18-6-10)5-19-13-14(22-17)20-7-12(16)21-13/h1-4,6-7H,5,17H2,(H,19,21)(H,20,22). The van der Waals surface area contributed by atoms with E-state index in [9.17, 15) is 0 Å². The molecule has 4 N–H and O–H groups in total. The Hall–Kier alpha value is -1.77. The van der Waals surface area contributed by atoms with Crippen LogP contribution in [0.5, 0.6) is 0 Å². The quantitative estimate of drug-likeness (QED) is 0.440. The summed E-state index contributed by atoms with van der Waals surface area (Å²) < 4.78 is 1.60. The highest BCUT2D eigenvalue weighted by Gasteiger charge is 2.06. The van der Waals surface area contributed by atoms with Gasteiger partial charge in [0.05, 0.1) is 11.7 Å². The lowest BCUT2D eigenvalue weighted by molar-refractivity contribution is 1.06. The maximum atomic E-state index is 5.44. The van der Waals surface area contributed by atoms with Gasteiger partial charge in [0.25, 0.3) is 0 Å². The Morgan fingerprint density at radius 2 is 1.91 bits per heavy atom. The van der Waals surface area contributed by atoms with Gasteiger partial charge in [-0.2, -0.15) is 0 Å². The molecule has 0 atom stereocenters. The zero-order chi connectivity index (χ0) is 15.5. The maximum Gasteiger partial charge on any atom is 0.183 e. The van der Waals surface area contributed by atoms with Crippen molar-refractivity contribution in [3.63, 3.8) is 0 Å². The molecule has 0 aliphatic rings. The Morgan fingerprint density at radius 1 is 1.05 bits per heavy atom. The summed E-state index contributed by atoms with van der Waals surface area (Å²) in [5.41, 5.74) is 4.59. The molecule has 0 unspecified atom stereocenters. The minimum Gasteiger partial charge on any atom is -0.363 e. The van der Waals surface area contributed by atoms with E-state index in [1.807, 2.05) is 18.2 Å². The van der Waals surface area contributed by atoms with Crippen molar-refractivity contribution in [2.24, 2.45) is 5.84 Å². The number of anilines is 2. The van der Waals surface area contributed by atoms with Crippen molar-refractivity contribution in [1.82, 2.24) is 15.0 Å². The molecule has 22 heavy (non-hydrogen) atoms. The molecule has 8 heteroatoms. The minimum absolute atomic E-state index is 0.494. The lowest BCUT2D eigenvalue weighted by Gasteiger charge is -2.10. The van der Waals surface area contributed by atoms with Crippen LogP contribution in [0, 0.1) is 0 Å². The van der Waals surface area contributed by atoms with Gasteiger partial charge in [0.2, 0.25) is 0 Å². The molecule has 0 saturated heterocycles. The molecule has 0 spiro atoms. The Labute approximate surface area is 143 Å². The summed E-state index contributed by atoms with van der Waals surface area (Å²) in [7, 11) is 0. The van der Waals surface area contributed by atoms with Crippen molar-refractivity contribution >= 4 is 54.4 Å². The molecule has 1 aromatic carbocycles. The minimum atomic E-state index is 0.494. The molecule has 0 amide bonds. The first-order chi connectivity index (χ1) is 10.7. The molecule has 3 aromatic rings. The first-order valence-electron chi connectivity index (χ1n) is 6.43. The molecule has 112 valence electrons. The monoisotopic (exact) mass is 422 g/mol. The second-order valence-corrected chi connectivity index (χ2v) is 6.30. The second-order valence-electron chi connectivity index (χ2n) is 4.57. The number of nitrogens with zero attached hydrogens (tertiary/aromatic N) is 3. The van der Waals surface area contributed by atoms with E-state index in [0.29, 0.717) is 22.8 Å². The number of pyridine rings is 1. The molecule has 3 rings (SSSR count). The molecule has 0 fully saturated rings. The first-order valence-corrected chi connectivity index (χ1v) is 8.01. The van der Waals surface area contributed by atoms with E-state index in [4.69, 9.17) is 5.84 Å². The van der Waals surface area contributed by atoms with Gasteiger partial charge in [0.15, 0.2) is 11.6 Å². The van der Waals surface area contributed by atoms with E-state index < -0.39 is 0 Å².